The summed E-state index contributed by atoms with van der Waals surface area (Å²) in [6, 6.07) is 3.44. The first-order valence-electron chi connectivity index (χ1n) is 7.64. The van der Waals surface area contributed by atoms with Gasteiger partial charge in [0.15, 0.2) is 0 Å². The summed E-state index contributed by atoms with van der Waals surface area (Å²) in [6.45, 7) is 4.88. The highest BCUT2D eigenvalue weighted by atomic mass is 32.2. The molecule has 0 radical (unpaired) electrons. The molecule has 2 rings (SSSR count). The van der Waals surface area contributed by atoms with Crippen molar-refractivity contribution in [2.75, 3.05) is 18.9 Å². The van der Waals surface area contributed by atoms with Crippen LogP contribution in [0.25, 0.3) is 0 Å². The number of aromatic nitrogens is 1. The predicted octanol–water partition coefficient (Wildman–Crippen LogP) is 2.71. The topological polar surface area (TPSA) is 62.3 Å². The van der Waals surface area contributed by atoms with E-state index in [-0.39, 0.29) is 10.9 Å². The highest BCUT2D eigenvalue weighted by Gasteiger charge is 2.33. The van der Waals surface area contributed by atoms with Crippen molar-refractivity contribution in [3.05, 3.63) is 18.3 Å². The van der Waals surface area contributed by atoms with Crippen LogP contribution < -0.4 is 5.32 Å². The van der Waals surface area contributed by atoms with Crippen molar-refractivity contribution in [3.8, 4) is 0 Å². The van der Waals surface area contributed by atoms with Gasteiger partial charge < -0.3 is 5.32 Å². The maximum atomic E-state index is 12.7. The molecule has 1 aliphatic rings. The van der Waals surface area contributed by atoms with E-state index in [9.17, 15) is 8.42 Å². The van der Waals surface area contributed by atoms with E-state index in [1.165, 1.54) is 12.6 Å². The van der Waals surface area contributed by atoms with E-state index in [1.54, 1.807) is 23.5 Å². The third-order valence-corrected chi connectivity index (χ3v) is 6.17. The molecule has 1 saturated carbocycles. The molecule has 21 heavy (non-hydrogen) atoms. The number of pyridine rings is 1. The SMILES string of the molecule is CCNc1ccc(S(=O)(=O)N(C)C2CCCCC2C)cn1. The van der Waals surface area contributed by atoms with Gasteiger partial charge in [-0.2, -0.15) is 4.31 Å². The van der Waals surface area contributed by atoms with Crippen LogP contribution in [0.5, 0.6) is 0 Å². The van der Waals surface area contributed by atoms with Gasteiger partial charge in [0.25, 0.3) is 0 Å². The molecule has 1 N–H and O–H groups in total. The monoisotopic (exact) mass is 311 g/mol. The Morgan fingerprint density at radius 3 is 2.62 bits per heavy atom. The van der Waals surface area contributed by atoms with Crippen molar-refractivity contribution in [3.63, 3.8) is 0 Å². The van der Waals surface area contributed by atoms with Crippen molar-refractivity contribution in [1.82, 2.24) is 9.29 Å². The molecule has 2 atom stereocenters. The molecule has 0 bridgehead atoms. The van der Waals surface area contributed by atoms with E-state index in [2.05, 4.69) is 17.2 Å². The van der Waals surface area contributed by atoms with Gasteiger partial charge in [-0.1, -0.05) is 19.8 Å². The zero-order valence-electron chi connectivity index (χ0n) is 13.0. The Balaban J connectivity index is 2.19. The Morgan fingerprint density at radius 2 is 2.05 bits per heavy atom. The first kappa shape index (κ1) is 16.2. The third-order valence-electron chi connectivity index (χ3n) is 4.30. The number of anilines is 1. The minimum atomic E-state index is -3.46. The van der Waals surface area contributed by atoms with Crippen LogP contribution in [0.4, 0.5) is 5.82 Å². The van der Waals surface area contributed by atoms with Crippen molar-refractivity contribution in [2.45, 2.75) is 50.5 Å². The lowest BCUT2D eigenvalue weighted by Crippen LogP contribution is -2.42. The maximum Gasteiger partial charge on any atom is 0.244 e. The quantitative estimate of drug-likeness (QED) is 0.908. The highest BCUT2D eigenvalue weighted by Crippen LogP contribution is 2.30. The molecule has 0 aromatic carbocycles. The van der Waals surface area contributed by atoms with Gasteiger partial charge >= 0.3 is 0 Å². The molecule has 1 aliphatic carbocycles. The van der Waals surface area contributed by atoms with Gasteiger partial charge in [0.05, 0.1) is 0 Å². The van der Waals surface area contributed by atoms with Gasteiger partial charge in [-0.05, 0) is 37.8 Å². The summed E-state index contributed by atoms with van der Waals surface area (Å²) in [5.41, 5.74) is 0. The zero-order valence-corrected chi connectivity index (χ0v) is 13.9. The molecule has 0 amide bonds. The summed E-state index contributed by atoms with van der Waals surface area (Å²) in [5.74, 6) is 1.11. The Bertz CT molecular complexity index is 557. The first-order valence-corrected chi connectivity index (χ1v) is 9.08. The Labute approximate surface area is 127 Å². The molecule has 0 saturated heterocycles. The van der Waals surface area contributed by atoms with Crippen LogP contribution in [0.3, 0.4) is 0 Å². The molecule has 5 nitrogen and oxygen atoms in total. The summed E-state index contributed by atoms with van der Waals surface area (Å²) < 4.78 is 27.0. The lowest BCUT2D eigenvalue weighted by molar-refractivity contribution is 0.213. The zero-order chi connectivity index (χ0) is 15.5. The van der Waals surface area contributed by atoms with Gasteiger partial charge in [0.2, 0.25) is 10.0 Å². The van der Waals surface area contributed by atoms with E-state index >= 15 is 0 Å². The number of nitrogens with zero attached hydrogens (tertiary/aromatic N) is 2. The second-order valence-corrected chi connectivity index (χ2v) is 7.76. The van der Waals surface area contributed by atoms with Crippen molar-refractivity contribution in [2.24, 2.45) is 5.92 Å². The average molecular weight is 311 g/mol. The third kappa shape index (κ3) is 3.55. The number of rotatable bonds is 5. The summed E-state index contributed by atoms with van der Waals surface area (Å²) in [6.07, 6.45) is 5.79. The van der Waals surface area contributed by atoms with Gasteiger partial charge in [0, 0.05) is 25.8 Å². The van der Waals surface area contributed by atoms with E-state index < -0.39 is 10.0 Å². The molecule has 1 aromatic rings. The normalized spacial score (nSPS) is 23.2. The molecule has 1 heterocycles. The number of sulfonamides is 1. The largest absolute Gasteiger partial charge is 0.370 e. The fraction of sp³-hybridized carbons (Fsp3) is 0.667. The Kier molecular flexibility index (Phi) is 5.22. The Morgan fingerprint density at radius 1 is 1.33 bits per heavy atom. The summed E-state index contributed by atoms with van der Waals surface area (Å²) in [7, 11) is -1.77. The van der Waals surface area contributed by atoms with Crippen molar-refractivity contribution >= 4 is 15.8 Å². The van der Waals surface area contributed by atoms with Gasteiger partial charge in [-0.25, -0.2) is 13.4 Å². The molecular weight excluding hydrogens is 286 g/mol. The van der Waals surface area contributed by atoms with Crippen LogP contribution in [-0.4, -0.2) is 37.3 Å². The molecule has 0 spiro atoms. The highest BCUT2D eigenvalue weighted by molar-refractivity contribution is 7.89. The Hall–Kier alpha value is -1.14. The van der Waals surface area contributed by atoms with Crippen LogP contribution in [0.1, 0.15) is 39.5 Å². The van der Waals surface area contributed by atoms with Gasteiger partial charge in [0.1, 0.15) is 10.7 Å². The standard InChI is InChI=1S/C15H25N3O2S/c1-4-16-15-10-9-13(11-17-15)21(19,20)18(3)14-8-6-5-7-12(14)2/h9-12,14H,4-8H2,1-3H3,(H,16,17). The lowest BCUT2D eigenvalue weighted by atomic mass is 9.86. The van der Waals surface area contributed by atoms with E-state index in [4.69, 9.17) is 0 Å². The van der Waals surface area contributed by atoms with Gasteiger partial charge in [-0.15, -0.1) is 0 Å². The molecule has 118 valence electrons. The van der Waals surface area contributed by atoms with Gasteiger partial charge in [-0.3, -0.25) is 0 Å². The first-order chi connectivity index (χ1) is 9.96. The second kappa shape index (κ2) is 6.75. The molecular formula is C15H25N3O2S. The van der Waals surface area contributed by atoms with Crippen LogP contribution in [0.2, 0.25) is 0 Å². The molecule has 0 aliphatic heterocycles. The van der Waals surface area contributed by atoms with Crippen LogP contribution >= 0.6 is 0 Å². The second-order valence-electron chi connectivity index (χ2n) is 5.76. The van der Waals surface area contributed by atoms with E-state index in [0.29, 0.717) is 11.7 Å². The van der Waals surface area contributed by atoms with Crippen molar-refractivity contribution in [1.29, 1.82) is 0 Å². The van der Waals surface area contributed by atoms with E-state index in [1.807, 2.05) is 6.92 Å². The molecule has 2 unspecified atom stereocenters. The smallest absolute Gasteiger partial charge is 0.244 e. The summed E-state index contributed by atoms with van der Waals surface area (Å²) in [5, 5.41) is 3.07. The fourth-order valence-electron chi connectivity index (χ4n) is 3.00. The summed E-state index contributed by atoms with van der Waals surface area (Å²) in [4.78, 5) is 4.43. The molecule has 1 aromatic heterocycles. The lowest BCUT2D eigenvalue weighted by Gasteiger charge is -2.35. The van der Waals surface area contributed by atoms with Crippen LogP contribution in [-0.2, 0) is 10.0 Å². The van der Waals surface area contributed by atoms with Crippen molar-refractivity contribution < 1.29 is 8.42 Å². The predicted molar refractivity (Wildman–Crippen MR) is 84.8 cm³/mol. The number of hydrogen-bond donors (Lipinski definition) is 1. The molecule has 6 heteroatoms. The van der Waals surface area contributed by atoms with Crippen LogP contribution in [0, 0.1) is 5.92 Å². The summed E-state index contributed by atoms with van der Waals surface area (Å²) >= 11 is 0. The average Bonchev–Trinajstić information content (AvgIpc) is 2.48. The minimum Gasteiger partial charge on any atom is -0.370 e. The van der Waals surface area contributed by atoms with Crippen LogP contribution in [0.15, 0.2) is 23.2 Å². The minimum absolute atomic E-state index is 0.0946. The fourth-order valence-corrected chi connectivity index (χ4v) is 4.43. The number of nitrogens with one attached hydrogen (secondary N) is 1. The maximum absolute atomic E-state index is 12.7. The molecule has 1 fully saturated rings. The number of hydrogen-bond acceptors (Lipinski definition) is 4. The van der Waals surface area contributed by atoms with E-state index in [0.717, 1.165) is 25.8 Å².